The Morgan fingerprint density at radius 3 is 1.61 bits per heavy atom. The smallest absolute Gasteiger partial charge is 0.200 e. The number of hydrogen-bond acceptors (Lipinski definition) is 6. The molecule has 0 aliphatic rings. The second-order valence-electron chi connectivity index (χ2n) is 7.05. The van der Waals surface area contributed by atoms with Gasteiger partial charge in [-0.15, -0.1) is 12.4 Å². The topological polar surface area (TPSA) is 55.2 Å². The van der Waals surface area contributed by atoms with Gasteiger partial charge in [-0.3, -0.25) is 4.79 Å². The maximum absolute atomic E-state index is 13.0. The van der Waals surface area contributed by atoms with Crippen LogP contribution in [-0.2, 0) is 0 Å². The van der Waals surface area contributed by atoms with E-state index in [0.29, 0.717) is 46.7 Å². The van der Waals surface area contributed by atoms with Gasteiger partial charge in [0.2, 0.25) is 5.43 Å². The number of ether oxygens (including phenoxy) is 2. The fraction of sp³-hybridized carbons (Fsp3) is 0.381. The zero-order valence-corrected chi connectivity index (χ0v) is 17.5. The first-order valence-corrected chi connectivity index (χ1v) is 9.00. The van der Waals surface area contributed by atoms with E-state index in [1.54, 1.807) is 24.3 Å². The number of fused-ring (bicyclic) bond motifs is 2. The normalized spacial score (nSPS) is 11.2. The molecule has 0 aliphatic carbocycles. The lowest BCUT2D eigenvalue weighted by Gasteiger charge is -2.12. The van der Waals surface area contributed by atoms with Crippen LogP contribution >= 0.6 is 12.4 Å². The first-order valence-electron chi connectivity index (χ1n) is 9.00. The van der Waals surface area contributed by atoms with E-state index in [1.807, 2.05) is 50.1 Å². The van der Waals surface area contributed by atoms with Gasteiger partial charge in [0.05, 0.1) is 10.8 Å². The van der Waals surface area contributed by atoms with Crippen molar-refractivity contribution < 1.29 is 13.9 Å². The predicted molar refractivity (Wildman–Crippen MR) is 115 cm³/mol. The average Bonchev–Trinajstić information content (AvgIpc) is 2.62. The number of halogens is 1. The minimum atomic E-state index is -0.0811. The molecule has 6 nitrogen and oxygen atoms in total. The van der Waals surface area contributed by atoms with Crippen LogP contribution in [0, 0.1) is 0 Å². The molecule has 152 valence electrons. The van der Waals surface area contributed by atoms with Gasteiger partial charge in [-0.05, 0) is 64.6 Å². The van der Waals surface area contributed by atoms with Gasteiger partial charge in [-0.25, -0.2) is 0 Å². The van der Waals surface area contributed by atoms with Gasteiger partial charge in [0.15, 0.2) is 0 Å². The van der Waals surface area contributed by atoms with Crippen molar-refractivity contribution in [2.45, 2.75) is 0 Å². The summed E-state index contributed by atoms with van der Waals surface area (Å²) >= 11 is 0. The van der Waals surface area contributed by atoms with Crippen molar-refractivity contribution in [3.8, 4) is 11.5 Å². The van der Waals surface area contributed by atoms with Crippen molar-refractivity contribution in [3.05, 3.63) is 46.6 Å². The quantitative estimate of drug-likeness (QED) is 0.535. The molecule has 0 fully saturated rings. The molecule has 28 heavy (non-hydrogen) atoms. The van der Waals surface area contributed by atoms with E-state index < -0.39 is 0 Å². The zero-order valence-electron chi connectivity index (χ0n) is 16.7. The fourth-order valence-corrected chi connectivity index (χ4v) is 2.69. The van der Waals surface area contributed by atoms with Crippen molar-refractivity contribution in [2.75, 3.05) is 54.5 Å². The second-order valence-corrected chi connectivity index (χ2v) is 7.05. The molecule has 0 atom stereocenters. The summed E-state index contributed by atoms with van der Waals surface area (Å²) in [6, 6.07) is 10.7. The minimum absolute atomic E-state index is 0. The Morgan fingerprint density at radius 2 is 1.21 bits per heavy atom. The van der Waals surface area contributed by atoms with Crippen LogP contribution in [0.1, 0.15) is 0 Å². The molecular weight excluding hydrogens is 380 g/mol. The molecule has 0 saturated heterocycles. The van der Waals surface area contributed by atoms with Gasteiger partial charge < -0.3 is 23.7 Å². The third kappa shape index (κ3) is 5.38. The molecule has 0 radical (unpaired) electrons. The largest absolute Gasteiger partial charge is 0.492 e. The molecule has 0 N–H and O–H groups in total. The molecule has 0 bridgehead atoms. The van der Waals surface area contributed by atoms with Crippen LogP contribution in [0.25, 0.3) is 21.9 Å². The highest BCUT2D eigenvalue weighted by atomic mass is 35.5. The van der Waals surface area contributed by atoms with Crippen LogP contribution in [-0.4, -0.2) is 64.3 Å². The first kappa shape index (κ1) is 22.0. The summed E-state index contributed by atoms with van der Waals surface area (Å²) in [6.07, 6.45) is 0. The Bertz CT molecular complexity index is 910. The third-order valence-corrected chi connectivity index (χ3v) is 4.23. The fourth-order valence-electron chi connectivity index (χ4n) is 2.69. The molecule has 2 aromatic carbocycles. The molecule has 3 aromatic rings. The van der Waals surface area contributed by atoms with Crippen molar-refractivity contribution >= 4 is 34.3 Å². The van der Waals surface area contributed by atoms with Gasteiger partial charge in [-0.1, -0.05) is 0 Å². The van der Waals surface area contributed by atoms with Crippen molar-refractivity contribution in [3.63, 3.8) is 0 Å². The van der Waals surface area contributed by atoms with Crippen LogP contribution in [0.5, 0.6) is 11.5 Å². The highest BCUT2D eigenvalue weighted by Crippen LogP contribution is 2.25. The van der Waals surface area contributed by atoms with E-state index in [4.69, 9.17) is 13.9 Å². The van der Waals surface area contributed by atoms with Gasteiger partial charge in [0.1, 0.15) is 35.9 Å². The Morgan fingerprint density at radius 1 is 0.786 bits per heavy atom. The highest BCUT2D eigenvalue weighted by Gasteiger charge is 2.10. The van der Waals surface area contributed by atoms with Crippen LogP contribution in [0.3, 0.4) is 0 Å². The summed E-state index contributed by atoms with van der Waals surface area (Å²) in [5.74, 6) is 1.32. The van der Waals surface area contributed by atoms with Crippen molar-refractivity contribution in [1.29, 1.82) is 0 Å². The van der Waals surface area contributed by atoms with Gasteiger partial charge in [0, 0.05) is 13.1 Å². The van der Waals surface area contributed by atoms with E-state index in [-0.39, 0.29) is 17.8 Å². The standard InChI is InChI=1S/C21H26N2O4.ClH/c1-22(2)9-11-25-15-5-7-19-17(13-15)21(24)18-14-16(6-8-20(18)27-19)26-12-10-23(3)4;/h5-8,13-14H,9-12H2,1-4H3;1H. The Hall–Kier alpha value is -2.28. The predicted octanol–water partition coefficient (Wildman–Crippen LogP) is 3.25. The lowest BCUT2D eigenvalue weighted by Crippen LogP contribution is -2.19. The number of rotatable bonds is 8. The van der Waals surface area contributed by atoms with Crippen LogP contribution in [0.15, 0.2) is 45.6 Å². The number of likely N-dealkylation sites (N-methyl/N-ethyl adjacent to an activating group) is 2. The SMILES string of the molecule is CN(C)CCOc1ccc2oc3ccc(OCCN(C)C)cc3c(=O)c2c1.Cl. The molecule has 0 spiro atoms. The van der Waals surface area contributed by atoms with E-state index in [0.717, 1.165) is 13.1 Å². The molecule has 7 heteroatoms. The monoisotopic (exact) mass is 406 g/mol. The summed E-state index contributed by atoms with van der Waals surface area (Å²) in [7, 11) is 7.96. The third-order valence-electron chi connectivity index (χ3n) is 4.23. The summed E-state index contributed by atoms with van der Waals surface area (Å²) in [5, 5.41) is 1.02. The van der Waals surface area contributed by atoms with E-state index in [1.165, 1.54) is 0 Å². The van der Waals surface area contributed by atoms with Crippen molar-refractivity contribution in [1.82, 2.24) is 9.80 Å². The van der Waals surface area contributed by atoms with Crippen LogP contribution in [0.4, 0.5) is 0 Å². The first-order chi connectivity index (χ1) is 12.9. The molecule has 3 rings (SSSR count). The van der Waals surface area contributed by atoms with Crippen LogP contribution in [0.2, 0.25) is 0 Å². The maximum atomic E-state index is 13.0. The maximum Gasteiger partial charge on any atom is 0.200 e. The molecule has 0 aliphatic heterocycles. The molecule has 0 amide bonds. The summed E-state index contributed by atoms with van der Waals surface area (Å²) in [6.45, 7) is 2.72. The summed E-state index contributed by atoms with van der Waals surface area (Å²) in [4.78, 5) is 17.1. The Balaban J connectivity index is 0.00000280. The van der Waals surface area contributed by atoms with E-state index >= 15 is 0 Å². The van der Waals surface area contributed by atoms with Gasteiger partial charge in [0.25, 0.3) is 0 Å². The van der Waals surface area contributed by atoms with Gasteiger partial charge >= 0.3 is 0 Å². The molecule has 0 saturated carbocycles. The molecular formula is C21H27ClN2O4. The molecule has 0 unspecified atom stereocenters. The lowest BCUT2D eigenvalue weighted by atomic mass is 10.1. The zero-order chi connectivity index (χ0) is 19.4. The van der Waals surface area contributed by atoms with E-state index in [9.17, 15) is 4.79 Å². The average molecular weight is 407 g/mol. The number of nitrogens with zero attached hydrogens (tertiary/aromatic N) is 2. The van der Waals surface area contributed by atoms with Crippen molar-refractivity contribution in [2.24, 2.45) is 0 Å². The van der Waals surface area contributed by atoms with Gasteiger partial charge in [-0.2, -0.15) is 0 Å². The highest BCUT2D eigenvalue weighted by molar-refractivity contribution is 5.90. The number of benzene rings is 2. The Kier molecular flexibility index (Phi) is 7.69. The molecule has 1 heterocycles. The summed E-state index contributed by atoms with van der Waals surface area (Å²) < 4.78 is 17.4. The Labute approximate surface area is 171 Å². The molecule has 1 aromatic heterocycles. The summed E-state index contributed by atoms with van der Waals surface area (Å²) in [5.41, 5.74) is 1.02. The second kappa shape index (κ2) is 9.78. The number of hydrogen-bond donors (Lipinski definition) is 0. The van der Waals surface area contributed by atoms with E-state index in [2.05, 4.69) is 0 Å². The van der Waals surface area contributed by atoms with Crippen LogP contribution < -0.4 is 14.9 Å². The lowest BCUT2D eigenvalue weighted by molar-refractivity contribution is 0.261. The minimum Gasteiger partial charge on any atom is -0.492 e.